The SMILES string of the molecule is COc1cc(C(N2CCC(=O)N2)C(F)(F)F)cc2ccccc12. The van der Waals surface area contributed by atoms with Crippen LogP contribution in [0.15, 0.2) is 36.4 Å². The molecular weight excluding hydrogens is 309 g/mol. The molecule has 2 aromatic carbocycles. The van der Waals surface area contributed by atoms with Gasteiger partial charge in [-0.05, 0) is 23.1 Å². The quantitative estimate of drug-likeness (QED) is 0.943. The number of amides is 1. The van der Waals surface area contributed by atoms with Gasteiger partial charge in [-0.2, -0.15) is 13.2 Å². The topological polar surface area (TPSA) is 41.6 Å². The van der Waals surface area contributed by atoms with Crippen LogP contribution in [0.3, 0.4) is 0 Å². The fourth-order valence-corrected chi connectivity index (χ4v) is 2.86. The molecule has 0 aliphatic carbocycles. The van der Waals surface area contributed by atoms with Gasteiger partial charge in [0.2, 0.25) is 5.91 Å². The van der Waals surface area contributed by atoms with Crippen molar-refractivity contribution in [2.45, 2.75) is 18.6 Å². The van der Waals surface area contributed by atoms with E-state index in [4.69, 9.17) is 4.74 Å². The van der Waals surface area contributed by atoms with Crippen LogP contribution in [0.25, 0.3) is 10.8 Å². The van der Waals surface area contributed by atoms with E-state index in [-0.39, 0.29) is 18.5 Å². The van der Waals surface area contributed by atoms with Gasteiger partial charge in [0.25, 0.3) is 0 Å². The highest BCUT2D eigenvalue weighted by atomic mass is 19.4. The van der Waals surface area contributed by atoms with Gasteiger partial charge in [-0.1, -0.05) is 24.3 Å². The molecule has 1 N–H and O–H groups in total. The highest BCUT2D eigenvalue weighted by Crippen LogP contribution is 2.41. The van der Waals surface area contributed by atoms with Crippen LogP contribution in [0.4, 0.5) is 13.2 Å². The van der Waals surface area contributed by atoms with Crippen molar-refractivity contribution in [1.29, 1.82) is 0 Å². The molecule has 0 bridgehead atoms. The third-order valence-electron chi connectivity index (χ3n) is 3.85. The van der Waals surface area contributed by atoms with Crippen LogP contribution in [0.1, 0.15) is 18.0 Å². The van der Waals surface area contributed by atoms with Crippen LogP contribution in [0.5, 0.6) is 5.75 Å². The van der Waals surface area contributed by atoms with Crippen molar-refractivity contribution in [3.63, 3.8) is 0 Å². The normalized spacial score (nSPS) is 17.3. The minimum Gasteiger partial charge on any atom is -0.496 e. The molecule has 122 valence electrons. The first-order chi connectivity index (χ1) is 10.9. The molecule has 0 aromatic heterocycles. The maximum Gasteiger partial charge on any atom is 0.409 e. The molecule has 4 nitrogen and oxygen atoms in total. The minimum atomic E-state index is -4.52. The third kappa shape index (κ3) is 2.96. The number of hydrazine groups is 1. The van der Waals surface area contributed by atoms with E-state index < -0.39 is 18.1 Å². The van der Waals surface area contributed by atoms with Gasteiger partial charge in [-0.25, -0.2) is 5.01 Å². The van der Waals surface area contributed by atoms with Crippen molar-refractivity contribution in [3.05, 3.63) is 42.0 Å². The summed E-state index contributed by atoms with van der Waals surface area (Å²) in [6.07, 6.45) is -4.47. The summed E-state index contributed by atoms with van der Waals surface area (Å²) >= 11 is 0. The molecule has 1 fully saturated rings. The smallest absolute Gasteiger partial charge is 0.409 e. The first-order valence-electron chi connectivity index (χ1n) is 7.09. The molecule has 1 unspecified atom stereocenters. The zero-order valence-corrected chi connectivity index (χ0v) is 12.4. The fraction of sp³-hybridized carbons (Fsp3) is 0.312. The summed E-state index contributed by atoms with van der Waals surface area (Å²) in [6, 6.07) is 8.03. The summed E-state index contributed by atoms with van der Waals surface area (Å²) < 4.78 is 46.0. The van der Waals surface area contributed by atoms with Crippen LogP contribution in [-0.2, 0) is 4.79 Å². The van der Waals surface area contributed by atoms with Crippen molar-refractivity contribution in [1.82, 2.24) is 10.4 Å². The van der Waals surface area contributed by atoms with Crippen LogP contribution in [-0.4, -0.2) is 30.7 Å². The van der Waals surface area contributed by atoms with Gasteiger partial charge >= 0.3 is 6.18 Å². The minimum absolute atomic E-state index is 0.0121. The number of nitrogens with zero attached hydrogens (tertiary/aromatic N) is 1. The molecule has 2 aromatic rings. The monoisotopic (exact) mass is 324 g/mol. The third-order valence-corrected chi connectivity index (χ3v) is 3.85. The second-order valence-electron chi connectivity index (χ2n) is 5.37. The molecule has 0 radical (unpaired) electrons. The van der Waals surface area contributed by atoms with E-state index in [9.17, 15) is 18.0 Å². The second kappa shape index (κ2) is 5.73. The molecule has 1 atom stereocenters. The van der Waals surface area contributed by atoms with E-state index in [0.717, 1.165) is 10.4 Å². The summed E-state index contributed by atoms with van der Waals surface area (Å²) in [5.74, 6) is -0.0372. The van der Waals surface area contributed by atoms with Crippen LogP contribution < -0.4 is 10.2 Å². The Bertz CT molecular complexity index is 746. The number of alkyl halides is 3. The number of benzene rings is 2. The predicted octanol–water partition coefficient (Wildman–Crippen LogP) is 3.19. The Hall–Kier alpha value is -2.28. The van der Waals surface area contributed by atoms with E-state index in [1.165, 1.54) is 19.2 Å². The molecule has 1 aliphatic heterocycles. The van der Waals surface area contributed by atoms with Crippen LogP contribution in [0, 0.1) is 0 Å². The Morgan fingerprint density at radius 1 is 1.26 bits per heavy atom. The van der Waals surface area contributed by atoms with Crippen molar-refractivity contribution in [2.75, 3.05) is 13.7 Å². The zero-order chi connectivity index (χ0) is 16.6. The summed E-state index contributed by atoms with van der Waals surface area (Å²) in [7, 11) is 1.42. The van der Waals surface area contributed by atoms with Gasteiger partial charge in [0, 0.05) is 18.4 Å². The van der Waals surface area contributed by atoms with Crippen molar-refractivity contribution in [2.24, 2.45) is 0 Å². The molecule has 1 amide bonds. The highest BCUT2D eigenvalue weighted by Gasteiger charge is 2.47. The number of halogens is 3. The summed E-state index contributed by atoms with van der Waals surface area (Å²) in [4.78, 5) is 11.3. The Labute approximate surface area is 130 Å². The zero-order valence-electron chi connectivity index (χ0n) is 12.4. The fourth-order valence-electron chi connectivity index (χ4n) is 2.86. The Morgan fingerprint density at radius 3 is 2.61 bits per heavy atom. The lowest BCUT2D eigenvalue weighted by molar-refractivity contribution is -0.191. The highest BCUT2D eigenvalue weighted by molar-refractivity contribution is 5.89. The summed E-state index contributed by atoms with van der Waals surface area (Å²) in [6.45, 7) is 0.0121. The first-order valence-corrected chi connectivity index (χ1v) is 7.09. The molecule has 7 heteroatoms. The van der Waals surface area contributed by atoms with Gasteiger partial charge in [0.05, 0.1) is 7.11 Å². The standard InChI is InChI=1S/C16H15F3N2O2/c1-23-13-9-11(8-10-4-2-3-5-12(10)13)15(16(17,18)19)21-7-6-14(22)20-21/h2-5,8-9,15H,6-7H2,1H3,(H,20,22). The lowest BCUT2D eigenvalue weighted by Gasteiger charge is -2.29. The summed E-state index contributed by atoms with van der Waals surface area (Å²) in [5.41, 5.74) is 2.32. The number of hydrogen-bond acceptors (Lipinski definition) is 3. The van der Waals surface area contributed by atoms with Crippen LogP contribution in [0.2, 0.25) is 0 Å². The van der Waals surface area contributed by atoms with Gasteiger partial charge in [0.1, 0.15) is 11.8 Å². The Morgan fingerprint density at radius 2 is 2.00 bits per heavy atom. The summed E-state index contributed by atoms with van der Waals surface area (Å²) in [5, 5.41) is 2.33. The van der Waals surface area contributed by atoms with Crippen molar-refractivity contribution in [3.8, 4) is 5.75 Å². The van der Waals surface area contributed by atoms with Gasteiger partial charge in [-0.15, -0.1) is 0 Å². The number of hydrogen-bond donors (Lipinski definition) is 1. The maximum atomic E-state index is 13.6. The van der Waals surface area contributed by atoms with E-state index in [2.05, 4.69) is 5.43 Å². The average molecular weight is 324 g/mol. The van der Waals surface area contributed by atoms with E-state index >= 15 is 0 Å². The largest absolute Gasteiger partial charge is 0.496 e. The van der Waals surface area contributed by atoms with Crippen molar-refractivity contribution >= 4 is 16.7 Å². The number of rotatable bonds is 3. The lowest BCUT2D eigenvalue weighted by atomic mass is 10.00. The van der Waals surface area contributed by atoms with Gasteiger partial charge in [-0.3, -0.25) is 10.2 Å². The van der Waals surface area contributed by atoms with E-state index in [1.807, 2.05) is 0 Å². The van der Waals surface area contributed by atoms with E-state index in [0.29, 0.717) is 11.1 Å². The number of carbonyl (C=O) groups is 1. The number of methoxy groups -OCH3 is 1. The molecule has 1 saturated heterocycles. The van der Waals surface area contributed by atoms with Gasteiger partial charge in [0.15, 0.2) is 0 Å². The molecule has 0 saturated carbocycles. The maximum absolute atomic E-state index is 13.6. The Kier molecular flexibility index (Phi) is 3.89. The Balaban J connectivity index is 2.12. The number of fused-ring (bicyclic) bond motifs is 1. The second-order valence-corrected chi connectivity index (χ2v) is 5.37. The lowest BCUT2D eigenvalue weighted by Crippen LogP contribution is -2.43. The van der Waals surface area contributed by atoms with Gasteiger partial charge < -0.3 is 4.74 Å². The average Bonchev–Trinajstić information content (AvgIpc) is 2.91. The molecule has 1 aliphatic rings. The molecule has 0 spiro atoms. The predicted molar refractivity (Wildman–Crippen MR) is 78.8 cm³/mol. The first kappa shape index (κ1) is 15.6. The number of carbonyl (C=O) groups excluding carboxylic acids is 1. The van der Waals surface area contributed by atoms with Crippen LogP contribution >= 0.6 is 0 Å². The van der Waals surface area contributed by atoms with Crippen molar-refractivity contribution < 1.29 is 22.7 Å². The molecule has 3 rings (SSSR count). The molecular formula is C16H15F3N2O2. The number of ether oxygens (including phenoxy) is 1. The number of nitrogens with one attached hydrogen (secondary N) is 1. The molecule has 23 heavy (non-hydrogen) atoms. The van der Waals surface area contributed by atoms with E-state index in [1.54, 1.807) is 24.3 Å². The molecule has 1 heterocycles.